The van der Waals surface area contributed by atoms with Crippen molar-refractivity contribution in [3.63, 3.8) is 0 Å². The first-order chi connectivity index (χ1) is 8.81. The summed E-state index contributed by atoms with van der Waals surface area (Å²) in [5, 5.41) is 7.34. The fraction of sp³-hybridized carbons (Fsp3) is 0.750. The van der Waals surface area contributed by atoms with Crippen molar-refractivity contribution in [3.05, 3.63) is 12.7 Å². The average molecular weight is 251 g/mol. The van der Waals surface area contributed by atoms with E-state index in [0.29, 0.717) is 19.0 Å². The van der Waals surface area contributed by atoms with Crippen LogP contribution in [0.1, 0.15) is 26.2 Å². The van der Waals surface area contributed by atoms with Crippen LogP contribution in [0.25, 0.3) is 0 Å². The van der Waals surface area contributed by atoms with E-state index in [9.17, 15) is 4.79 Å². The number of carbonyl (C=O) groups is 1. The highest BCUT2D eigenvalue weighted by Gasteiger charge is 2.23. The van der Waals surface area contributed by atoms with E-state index in [1.165, 1.54) is 6.33 Å². The molecule has 18 heavy (non-hydrogen) atoms. The molecule has 0 radical (unpaired) electrons. The van der Waals surface area contributed by atoms with Gasteiger partial charge in [0.25, 0.3) is 0 Å². The number of nitrogens with one attached hydrogen (secondary N) is 1. The Kier molecular flexibility index (Phi) is 4.69. The van der Waals surface area contributed by atoms with Gasteiger partial charge in [0.1, 0.15) is 12.7 Å². The minimum Gasteiger partial charge on any atom is -0.340 e. The van der Waals surface area contributed by atoms with Crippen LogP contribution in [0.2, 0.25) is 0 Å². The molecule has 2 heterocycles. The lowest BCUT2D eigenvalue weighted by atomic mass is 10.0. The number of piperidine rings is 1. The number of amides is 1. The maximum absolute atomic E-state index is 12.2. The Bertz CT molecular complexity index is 359. The van der Waals surface area contributed by atoms with Gasteiger partial charge in [0.05, 0.1) is 6.54 Å². The fourth-order valence-corrected chi connectivity index (χ4v) is 2.46. The second kappa shape index (κ2) is 6.49. The molecule has 1 amide bonds. The summed E-state index contributed by atoms with van der Waals surface area (Å²) >= 11 is 0. The van der Waals surface area contributed by atoms with Gasteiger partial charge in [0, 0.05) is 19.0 Å². The molecule has 0 bridgehead atoms. The van der Waals surface area contributed by atoms with Crippen molar-refractivity contribution in [2.75, 3.05) is 19.6 Å². The molecule has 2 rings (SSSR count). The molecule has 1 aromatic rings. The van der Waals surface area contributed by atoms with Crippen molar-refractivity contribution in [2.24, 2.45) is 0 Å². The number of hydrogen-bond donors (Lipinski definition) is 1. The van der Waals surface area contributed by atoms with E-state index in [1.54, 1.807) is 11.0 Å². The molecule has 1 saturated heterocycles. The standard InChI is InChI=1S/C12H21N5O/c1-2-17(11-3-6-13-7-4-11)12(18)5-8-16-10-14-9-15-16/h9-11,13H,2-8H2,1H3. The summed E-state index contributed by atoms with van der Waals surface area (Å²) in [5.41, 5.74) is 0. The van der Waals surface area contributed by atoms with Crippen LogP contribution >= 0.6 is 0 Å². The summed E-state index contributed by atoms with van der Waals surface area (Å²) in [6, 6.07) is 0.402. The first-order valence-electron chi connectivity index (χ1n) is 6.64. The highest BCUT2D eigenvalue weighted by molar-refractivity contribution is 5.76. The summed E-state index contributed by atoms with van der Waals surface area (Å²) in [5.74, 6) is 0.222. The molecule has 1 aliphatic rings. The number of carbonyl (C=O) groups excluding carboxylic acids is 1. The van der Waals surface area contributed by atoms with Crippen LogP contribution in [0.5, 0.6) is 0 Å². The molecule has 100 valence electrons. The third-order valence-electron chi connectivity index (χ3n) is 3.43. The van der Waals surface area contributed by atoms with Gasteiger partial charge < -0.3 is 10.2 Å². The Morgan fingerprint density at radius 2 is 2.28 bits per heavy atom. The second-order valence-electron chi connectivity index (χ2n) is 4.57. The van der Waals surface area contributed by atoms with Crippen molar-refractivity contribution >= 4 is 5.91 Å². The molecule has 6 nitrogen and oxygen atoms in total. The van der Waals surface area contributed by atoms with Gasteiger partial charge in [0.15, 0.2) is 0 Å². The molecule has 1 aliphatic heterocycles. The number of hydrogen-bond acceptors (Lipinski definition) is 4. The molecule has 6 heteroatoms. The van der Waals surface area contributed by atoms with Gasteiger partial charge in [-0.15, -0.1) is 0 Å². The van der Waals surface area contributed by atoms with Gasteiger partial charge in [-0.1, -0.05) is 0 Å². The van der Waals surface area contributed by atoms with E-state index < -0.39 is 0 Å². The van der Waals surface area contributed by atoms with E-state index in [1.807, 2.05) is 4.90 Å². The van der Waals surface area contributed by atoms with Gasteiger partial charge in [0.2, 0.25) is 5.91 Å². The van der Waals surface area contributed by atoms with Crippen molar-refractivity contribution in [3.8, 4) is 0 Å². The topological polar surface area (TPSA) is 63.1 Å². The average Bonchev–Trinajstić information content (AvgIpc) is 2.92. The zero-order valence-corrected chi connectivity index (χ0v) is 10.9. The minimum atomic E-state index is 0.222. The van der Waals surface area contributed by atoms with Crippen LogP contribution < -0.4 is 5.32 Å². The molecule has 0 aromatic carbocycles. The van der Waals surface area contributed by atoms with E-state index >= 15 is 0 Å². The SMILES string of the molecule is CCN(C(=O)CCn1cncn1)C1CCNCC1. The predicted molar refractivity (Wildman–Crippen MR) is 67.9 cm³/mol. The Balaban J connectivity index is 1.84. The number of nitrogens with zero attached hydrogens (tertiary/aromatic N) is 4. The van der Waals surface area contributed by atoms with Gasteiger partial charge in [-0.05, 0) is 32.9 Å². The molecule has 0 spiro atoms. The normalized spacial score (nSPS) is 16.7. The van der Waals surface area contributed by atoms with Crippen molar-refractivity contribution in [1.82, 2.24) is 25.0 Å². The zero-order valence-electron chi connectivity index (χ0n) is 10.9. The van der Waals surface area contributed by atoms with Crippen molar-refractivity contribution in [2.45, 2.75) is 38.8 Å². The molecule has 0 saturated carbocycles. The summed E-state index contributed by atoms with van der Waals surface area (Å²) in [6.45, 7) is 5.48. The third-order valence-corrected chi connectivity index (χ3v) is 3.43. The summed E-state index contributed by atoms with van der Waals surface area (Å²) in [4.78, 5) is 18.1. The second-order valence-corrected chi connectivity index (χ2v) is 4.57. The molecule has 0 unspecified atom stereocenters. The zero-order chi connectivity index (χ0) is 12.8. The lowest BCUT2D eigenvalue weighted by Crippen LogP contribution is -2.46. The lowest BCUT2D eigenvalue weighted by Gasteiger charge is -2.34. The minimum absolute atomic E-state index is 0.222. The molecular weight excluding hydrogens is 230 g/mol. The Morgan fingerprint density at radius 3 is 2.89 bits per heavy atom. The largest absolute Gasteiger partial charge is 0.340 e. The van der Waals surface area contributed by atoms with Crippen LogP contribution in [0.4, 0.5) is 0 Å². The van der Waals surface area contributed by atoms with Crippen molar-refractivity contribution < 1.29 is 4.79 Å². The maximum atomic E-state index is 12.2. The monoisotopic (exact) mass is 251 g/mol. The van der Waals surface area contributed by atoms with Crippen LogP contribution in [0, 0.1) is 0 Å². The summed E-state index contributed by atoms with van der Waals surface area (Å²) in [7, 11) is 0. The molecule has 1 aromatic heterocycles. The van der Waals surface area contributed by atoms with Crippen molar-refractivity contribution in [1.29, 1.82) is 0 Å². The summed E-state index contributed by atoms with van der Waals surface area (Å²) < 4.78 is 1.70. The van der Waals surface area contributed by atoms with Crippen LogP contribution in [0.3, 0.4) is 0 Å². The lowest BCUT2D eigenvalue weighted by molar-refractivity contribution is -0.134. The first kappa shape index (κ1) is 13.0. The quantitative estimate of drug-likeness (QED) is 0.816. The highest BCUT2D eigenvalue weighted by atomic mass is 16.2. The molecule has 0 aliphatic carbocycles. The van der Waals surface area contributed by atoms with Gasteiger partial charge in [-0.3, -0.25) is 9.48 Å². The molecule has 1 fully saturated rings. The Hall–Kier alpha value is -1.43. The first-order valence-corrected chi connectivity index (χ1v) is 6.64. The van der Waals surface area contributed by atoms with Crippen LogP contribution in [-0.2, 0) is 11.3 Å². The Morgan fingerprint density at radius 1 is 1.50 bits per heavy atom. The van der Waals surface area contributed by atoms with Gasteiger partial charge >= 0.3 is 0 Å². The van der Waals surface area contributed by atoms with Crippen LogP contribution in [-0.4, -0.2) is 51.2 Å². The van der Waals surface area contributed by atoms with Gasteiger partial charge in [-0.25, -0.2) is 4.98 Å². The van der Waals surface area contributed by atoms with E-state index in [0.717, 1.165) is 32.5 Å². The number of aromatic nitrogens is 3. The smallest absolute Gasteiger partial charge is 0.224 e. The molecule has 0 atom stereocenters. The van der Waals surface area contributed by atoms with Crippen LogP contribution in [0.15, 0.2) is 12.7 Å². The van der Waals surface area contributed by atoms with E-state index in [-0.39, 0.29) is 5.91 Å². The Labute approximate surface area is 107 Å². The number of rotatable bonds is 5. The highest BCUT2D eigenvalue weighted by Crippen LogP contribution is 2.13. The van der Waals surface area contributed by atoms with E-state index in [2.05, 4.69) is 22.3 Å². The predicted octanol–water partition coefficient (Wildman–Crippen LogP) is 0.269. The van der Waals surface area contributed by atoms with E-state index in [4.69, 9.17) is 0 Å². The fourth-order valence-electron chi connectivity index (χ4n) is 2.46. The maximum Gasteiger partial charge on any atom is 0.224 e. The van der Waals surface area contributed by atoms with Gasteiger partial charge in [-0.2, -0.15) is 5.10 Å². The molecule has 1 N–H and O–H groups in total. The third kappa shape index (κ3) is 3.29. The molecular formula is C12H21N5O. The number of aryl methyl sites for hydroxylation is 1. The summed E-state index contributed by atoms with van der Waals surface area (Å²) in [6.07, 6.45) is 5.76.